The molecule has 0 aliphatic heterocycles. The molecule has 1 radical (unpaired) electrons. The summed E-state index contributed by atoms with van der Waals surface area (Å²) >= 11 is 0. The van der Waals surface area contributed by atoms with Crippen molar-refractivity contribution in [2.24, 2.45) is 0 Å². The molecule has 47 heavy (non-hydrogen) atoms. The average molecular weight is 803 g/mol. The first-order valence-corrected chi connectivity index (χ1v) is 16.5. The summed E-state index contributed by atoms with van der Waals surface area (Å²) in [5.74, 6) is 3.99. The van der Waals surface area contributed by atoms with E-state index in [0.29, 0.717) is 0 Å². The first-order valence-electron chi connectivity index (χ1n) is 14.2. The van der Waals surface area contributed by atoms with Gasteiger partial charge >= 0.3 is 16.8 Å². The quantitative estimate of drug-likeness (QED) is 0.292. The van der Waals surface area contributed by atoms with Crippen LogP contribution >= 0.6 is 37.0 Å². The molecule has 0 amide bonds. The van der Waals surface area contributed by atoms with Crippen molar-refractivity contribution in [1.82, 2.24) is 0 Å². The van der Waals surface area contributed by atoms with Crippen LogP contribution in [0.4, 0.5) is 0 Å². The third kappa shape index (κ3) is 16.4. The van der Waals surface area contributed by atoms with Gasteiger partial charge in [0, 0.05) is 0 Å². The molecule has 4 rings (SSSR count). The molecular weight excluding hydrogens is 750 g/mol. The molecule has 4 atom stereocenters. The number of hydrogen-bond donors (Lipinski definition) is 0. The van der Waals surface area contributed by atoms with Gasteiger partial charge in [0.1, 0.15) is 23.0 Å². The fourth-order valence-electron chi connectivity index (χ4n) is 5.22. The first-order chi connectivity index (χ1) is 20.6. The minimum absolute atomic E-state index is 0. The Labute approximate surface area is 316 Å². The maximum Gasteiger partial charge on any atom is 2.00 e. The molecule has 4 unspecified atom stereocenters. The normalized spacial score (nSPS) is 9.19. The van der Waals surface area contributed by atoms with Crippen molar-refractivity contribution >= 4 is 58.2 Å². The zero-order valence-corrected chi connectivity index (χ0v) is 36.8. The Kier molecular flexibility index (Phi) is 26.7. The van der Waals surface area contributed by atoms with E-state index in [9.17, 15) is 0 Å². The first kappa shape index (κ1) is 50.3. The minimum atomic E-state index is 0. The Balaban J connectivity index is -0.000000538. The van der Waals surface area contributed by atoms with Gasteiger partial charge in [0.2, 0.25) is 0 Å². The van der Waals surface area contributed by atoms with E-state index in [1.165, 1.54) is 65.7 Å². The van der Waals surface area contributed by atoms with Crippen LogP contribution in [0, 0.1) is 55.4 Å². The zero-order chi connectivity index (χ0) is 33.7. The predicted octanol–water partition coefficient (Wildman–Crippen LogP) is 1.26. The summed E-state index contributed by atoms with van der Waals surface area (Å²) in [5.41, 5.74) is 9.54. The molecule has 4 aromatic carbocycles. The topological polar surface area (TPSA) is 36.9 Å². The molecule has 0 saturated carbocycles. The van der Waals surface area contributed by atoms with Crippen molar-refractivity contribution in [1.29, 1.82) is 0 Å². The number of aryl methyl sites for hydroxylation is 8. The van der Waals surface area contributed by atoms with Crippen LogP contribution in [0.3, 0.4) is 0 Å². The Bertz CT molecular complexity index is 1230. The Morgan fingerprint density at radius 1 is 0.319 bits per heavy atom. The molecule has 263 valence electrons. The van der Waals surface area contributed by atoms with Crippen molar-refractivity contribution in [2.75, 3.05) is 28.4 Å². The predicted molar refractivity (Wildman–Crippen MR) is 207 cm³/mol. The van der Waals surface area contributed by atoms with E-state index in [1.807, 2.05) is 0 Å². The number of hydrogen-bond acceptors (Lipinski definition) is 4. The molecular formula is C36H52Cl2CoO4P4. The summed E-state index contributed by atoms with van der Waals surface area (Å²) in [4.78, 5) is 0. The van der Waals surface area contributed by atoms with Crippen LogP contribution in [-0.4, -0.2) is 28.4 Å². The summed E-state index contributed by atoms with van der Waals surface area (Å²) in [6.07, 6.45) is 0. The number of ether oxygens (including phenoxy) is 4. The summed E-state index contributed by atoms with van der Waals surface area (Å²) in [7, 11) is 17.6. The summed E-state index contributed by atoms with van der Waals surface area (Å²) < 4.78 is 20.9. The largest absolute Gasteiger partial charge is 2.00 e. The Morgan fingerprint density at radius 3 is 0.511 bits per heavy atom. The van der Waals surface area contributed by atoms with E-state index in [0.717, 1.165) is 23.0 Å². The van der Waals surface area contributed by atoms with E-state index in [-0.39, 0.29) is 41.6 Å². The Morgan fingerprint density at radius 2 is 0.426 bits per heavy atom. The SMILES string of the molecule is COc1c(C)cc(P)cc1C.COc1c(C)cc(P)cc1C.COc1c(C)cc(P)cc1C.COc1c(C)cc(P)cc1C.[Cl-].[Cl-].[Co+2]. The van der Waals surface area contributed by atoms with Crippen LogP contribution < -0.4 is 65.0 Å². The molecule has 4 nitrogen and oxygen atoms in total. The maximum atomic E-state index is 5.22. The fourth-order valence-corrected chi connectivity index (χ4v) is 7.22. The van der Waals surface area contributed by atoms with Crippen molar-refractivity contribution in [3.8, 4) is 23.0 Å². The van der Waals surface area contributed by atoms with E-state index in [4.69, 9.17) is 18.9 Å². The molecule has 4 aromatic rings. The number of halogens is 2. The van der Waals surface area contributed by atoms with E-state index in [1.54, 1.807) is 28.4 Å². The smallest absolute Gasteiger partial charge is 1.00 e. The molecule has 11 heteroatoms. The fraction of sp³-hybridized carbons (Fsp3) is 0.333. The second-order valence-electron chi connectivity index (χ2n) is 10.8. The molecule has 0 bridgehead atoms. The van der Waals surface area contributed by atoms with Crippen molar-refractivity contribution in [3.63, 3.8) is 0 Å². The van der Waals surface area contributed by atoms with Gasteiger partial charge in [-0.15, -0.1) is 37.0 Å². The van der Waals surface area contributed by atoms with Crippen LogP contribution in [0.5, 0.6) is 23.0 Å². The Hall–Kier alpha value is -1.11. The number of methoxy groups -OCH3 is 4. The van der Waals surface area contributed by atoms with Gasteiger partial charge < -0.3 is 43.8 Å². The molecule has 0 saturated heterocycles. The molecule has 0 fully saturated rings. The van der Waals surface area contributed by atoms with Crippen LogP contribution in [0.1, 0.15) is 44.5 Å². The molecule has 0 heterocycles. The van der Waals surface area contributed by atoms with Gasteiger partial charge in [-0.2, -0.15) is 0 Å². The van der Waals surface area contributed by atoms with E-state index >= 15 is 0 Å². The van der Waals surface area contributed by atoms with Gasteiger partial charge in [-0.25, -0.2) is 0 Å². The number of benzene rings is 4. The standard InChI is InChI=1S/4C9H13OP.2ClH.Co/c4*1-6-4-8(11)5-7(2)9(6)10-3;;;/h4*4-5H,11H2,1-3H3;2*1H;/q;;;;;;+2/p-2. The third-order valence-electron chi connectivity index (χ3n) is 6.75. The summed E-state index contributed by atoms with van der Waals surface area (Å²) in [6, 6.07) is 16.8. The summed E-state index contributed by atoms with van der Waals surface area (Å²) in [5, 5.41) is 4.84. The van der Waals surface area contributed by atoms with Gasteiger partial charge in [-0.3, -0.25) is 0 Å². The number of rotatable bonds is 4. The average Bonchev–Trinajstić information content (AvgIpc) is 2.89. The molecule has 0 aliphatic rings. The van der Waals surface area contributed by atoms with Gasteiger partial charge in [-0.1, -0.05) is 0 Å². The van der Waals surface area contributed by atoms with Crippen molar-refractivity contribution in [2.45, 2.75) is 55.4 Å². The molecule has 0 spiro atoms. The van der Waals surface area contributed by atoms with Gasteiger partial charge in [0.05, 0.1) is 28.4 Å². The van der Waals surface area contributed by atoms with Gasteiger partial charge in [0.15, 0.2) is 0 Å². The zero-order valence-electron chi connectivity index (χ0n) is 29.7. The van der Waals surface area contributed by atoms with Crippen molar-refractivity contribution in [3.05, 3.63) is 93.0 Å². The summed E-state index contributed by atoms with van der Waals surface area (Å²) in [6.45, 7) is 16.4. The second kappa shape index (κ2) is 24.9. The van der Waals surface area contributed by atoms with E-state index < -0.39 is 0 Å². The van der Waals surface area contributed by atoms with Crippen LogP contribution in [0.15, 0.2) is 48.5 Å². The third-order valence-corrected chi connectivity index (χ3v) is 8.08. The minimum Gasteiger partial charge on any atom is -1.00 e. The van der Waals surface area contributed by atoms with Gasteiger partial charge in [-0.05, 0) is 170 Å². The van der Waals surface area contributed by atoms with Crippen LogP contribution in [0.25, 0.3) is 0 Å². The maximum absolute atomic E-state index is 5.22. The molecule has 0 aromatic heterocycles. The van der Waals surface area contributed by atoms with Crippen molar-refractivity contribution < 1.29 is 60.5 Å². The second-order valence-corrected chi connectivity index (χ2v) is 13.4. The van der Waals surface area contributed by atoms with Gasteiger partial charge in [0.25, 0.3) is 0 Å². The molecule has 0 aliphatic carbocycles. The van der Waals surface area contributed by atoms with E-state index in [2.05, 4.69) is 141 Å². The van der Waals surface area contributed by atoms with Crippen LogP contribution in [0.2, 0.25) is 0 Å². The van der Waals surface area contributed by atoms with Crippen LogP contribution in [-0.2, 0) is 16.8 Å². The monoisotopic (exact) mass is 801 g/mol. The molecule has 0 N–H and O–H groups in total.